The van der Waals surface area contributed by atoms with Crippen molar-refractivity contribution < 1.29 is 14.3 Å². The summed E-state index contributed by atoms with van der Waals surface area (Å²) in [5, 5.41) is 3.49. The number of hydrogen-bond acceptors (Lipinski definition) is 5. The number of nitrogens with zero attached hydrogens (tertiary/aromatic N) is 2. The third-order valence-electron chi connectivity index (χ3n) is 3.14. The van der Waals surface area contributed by atoms with Crippen molar-refractivity contribution in [3.63, 3.8) is 0 Å². The second-order valence-corrected chi connectivity index (χ2v) is 6.29. The zero-order chi connectivity index (χ0) is 16.7. The van der Waals surface area contributed by atoms with Crippen molar-refractivity contribution in [3.8, 4) is 5.75 Å². The summed E-state index contributed by atoms with van der Waals surface area (Å²) in [4.78, 5) is 17.8. The van der Waals surface area contributed by atoms with Gasteiger partial charge in [-0.25, -0.2) is 4.98 Å². The molecule has 0 saturated carbocycles. The average molecular weight is 355 g/mol. The summed E-state index contributed by atoms with van der Waals surface area (Å²) in [5.41, 5.74) is 0.857. The highest BCUT2D eigenvalue weighted by Gasteiger charge is 2.12. The Bertz CT molecular complexity index is 631. The summed E-state index contributed by atoms with van der Waals surface area (Å²) in [6, 6.07) is 7.20. The topological polar surface area (TPSA) is 51.7 Å². The van der Waals surface area contributed by atoms with Crippen LogP contribution in [-0.4, -0.2) is 36.1 Å². The fourth-order valence-corrected chi connectivity index (χ4v) is 2.73. The zero-order valence-electron chi connectivity index (χ0n) is 13.1. The molecule has 1 aromatic carbocycles. The lowest BCUT2D eigenvalue weighted by Gasteiger charge is -2.19. The quantitative estimate of drug-likeness (QED) is 0.729. The minimum absolute atomic E-state index is 0.00835. The maximum Gasteiger partial charge on any atom is 0.219 e. The first-order valence-corrected chi connectivity index (χ1v) is 8.40. The summed E-state index contributed by atoms with van der Waals surface area (Å²) < 4.78 is 10.7. The van der Waals surface area contributed by atoms with E-state index in [9.17, 15) is 4.79 Å². The third-order valence-corrected chi connectivity index (χ3v) is 4.26. The van der Waals surface area contributed by atoms with Crippen molar-refractivity contribution in [2.75, 3.05) is 20.3 Å². The largest absolute Gasteiger partial charge is 0.486 e. The molecule has 0 spiro atoms. The van der Waals surface area contributed by atoms with Crippen LogP contribution in [0.1, 0.15) is 17.6 Å². The second kappa shape index (κ2) is 8.86. The van der Waals surface area contributed by atoms with E-state index in [-0.39, 0.29) is 5.91 Å². The lowest BCUT2D eigenvalue weighted by molar-refractivity contribution is -0.130. The van der Waals surface area contributed by atoms with Gasteiger partial charge in [0, 0.05) is 31.0 Å². The van der Waals surface area contributed by atoms with E-state index in [1.165, 1.54) is 11.3 Å². The number of hydrogen-bond donors (Lipinski definition) is 0. The number of thiazole rings is 1. The molecule has 7 heteroatoms. The molecule has 0 unspecified atom stereocenters. The van der Waals surface area contributed by atoms with E-state index < -0.39 is 0 Å². The van der Waals surface area contributed by atoms with Crippen LogP contribution in [0, 0.1) is 0 Å². The van der Waals surface area contributed by atoms with Crippen LogP contribution < -0.4 is 4.74 Å². The molecule has 124 valence electrons. The molecule has 1 amide bonds. The molecule has 0 aliphatic carbocycles. The summed E-state index contributed by atoms with van der Waals surface area (Å²) in [7, 11) is 1.62. The van der Waals surface area contributed by atoms with Crippen molar-refractivity contribution in [1.82, 2.24) is 9.88 Å². The predicted octanol–water partition coefficient (Wildman–Crippen LogP) is 3.37. The smallest absolute Gasteiger partial charge is 0.219 e. The summed E-state index contributed by atoms with van der Waals surface area (Å²) in [6.45, 7) is 3.49. The number of carbonyl (C=O) groups is 1. The number of aromatic nitrogens is 1. The van der Waals surface area contributed by atoms with Crippen LogP contribution in [0.4, 0.5) is 0 Å². The highest BCUT2D eigenvalue weighted by atomic mass is 35.5. The molecule has 0 radical (unpaired) electrons. The lowest BCUT2D eigenvalue weighted by Crippen LogP contribution is -2.31. The van der Waals surface area contributed by atoms with Crippen LogP contribution in [-0.2, 0) is 22.7 Å². The fraction of sp³-hybridized carbons (Fsp3) is 0.375. The van der Waals surface area contributed by atoms with Crippen LogP contribution in [0.3, 0.4) is 0 Å². The SMILES string of the molecule is COCCN(Cc1csc(COc2ccc(Cl)cc2)n1)C(C)=O. The number of carbonyl (C=O) groups excluding carboxylic acids is 1. The van der Waals surface area contributed by atoms with E-state index in [1.54, 1.807) is 31.1 Å². The molecule has 0 N–H and O–H groups in total. The highest BCUT2D eigenvalue weighted by Crippen LogP contribution is 2.18. The Hall–Kier alpha value is -1.63. The van der Waals surface area contributed by atoms with E-state index in [1.807, 2.05) is 17.5 Å². The fourth-order valence-electron chi connectivity index (χ4n) is 1.91. The standard InChI is InChI=1S/C16H19ClN2O3S/c1-12(20)19(7-8-21-2)9-14-11-23-16(18-14)10-22-15-5-3-13(17)4-6-15/h3-6,11H,7-10H2,1-2H3. The Morgan fingerprint density at radius 3 is 2.74 bits per heavy atom. The Morgan fingerprint density at radius 2 is 2.09 bits per heavy atom. The van der Waals surface area contributed by atoms with E-state index in [2.05, 4.69) is 4.98 Å². The van der Waals surface area contributed by atoms with Gasteiger partial charge in [-0.2, -0.15) is 0 Å². The van der Waals surface area contributed by atoms with E-state index in [0.29, 0.717) is 31.3 Å². The van der Waals surface area contributed by atoms with Gasteiger partial charge < -0.3 is 14.4 Å². The predicted molar refractivity (Wildman–Crippen MR) is 90.9 cm³/mol. The molecular weight excluding hydrogens is 336 g/mol. The van der Waals surface area contributed by atoms with Gasteiger partial charge in [-0.3, -0.25) is 4.79 Å². The molecule has 5 nitrogen and oxygen atoms in total. The average Bonchev–Trinajstić information content (AvgIpc) is 2.98. The van der Waals surface area contributed by atoms with Gasteiger partial charge in [-0.1, -0.05) is 11.6 Å². The molecule has 23 heavy (non-hydrogen) atoms. The molecule has 0 aliphatic rings. The zero-order valence-corrected chi connectivity index (χ0v) is 14.7. The second-order valence-electron chi connectivity index (χ2n) is 4.91. The number of halogens is 1. The Morgan fingerprint density at radius 1 is 1.35 bits per heavy atom. The number of methoxy groups -OCH3 is 1. The first-order chi connectivity index (χ1) is 11.1. The maximum atomic E-state index is 11.6. The van der Waals surface area contributed by atoms with Gasteiger partial charge in [-0.05, 0) is 24.3 Å². The minimum Gasteiger partial charge on any atom is -0.486 e. The first-order valence-electron chi connectivity index (χ1n) is 7.14. The van der Waals surface area contributed by atoms with Gasteiger partial charge in [0.05, 0.1) is 18.8 Å². The number of benzene rings is 1. The molecule has 0 atom stereocenters. The van der Waals surface area contributed by atoms with Gasteiger partial charge >= 0.3 is 0 Å². The van der Waals surface area contributed by atoms with Crippen LogP contribution in [0.2, 0.25) is 5.02 Å². The van der Waals surface area contributed by atoms with Crippen LogP contribution >= 0.6 is 22.9 Å². The number of amides is 1. The molecular formula is C16H19ClN2O3S. The van der Waals surface area contributed by atoms with Crippen molar-refractivity contribution in [1.29, 1.82) is 0 Å². The normalized spacial score (nSPS) is 10.6. The van der Waals surface area contributed by atoms with E-state index >= 15 is 0 Å². The van der Waals surface area contributed by atoms with Crippen molar-refractivity contribution in [2.24, 2.45) is 0 Å². The van der Waals surface area contributed by atoms with Gasteiger partial charge in [-0.15, -0.1) is 11.3 Å². The van der Waals surface area contributed by atoms with E-state index in [0.717, 1.165) is 16.5 Å². The Labute approximate surface area is 144 Å². The van der Waals surface area contributed by atoms with E-state index in [4.69, 9.17) is 21.1 Å². The minimum atomic E-state index is 0.00835. The molecule has 2 aromatic rings. The summed E-state index contributed by atoms with van der Waals surface area (Å²) in [6.07, 6.45) is 0. The Balaban J connectivity index is 1.89. The van der Waals surface area contributed by atoms with Crippen molar-refractivity contribution >= 4 is 28.8 Å². The monoisotopic (exact) mass is 354 g/mol. The molecule has 0 fully saturated rings. The maximum absolute atomic E-state index is 11.6. The molecule has 0 bridgehead atoms. The molecule has 0 aliphatic heterocycles. The summed E-state index contributed by atoms with van der Waals surface area (Å²) in [5.74, 6) is 0.755. The van der Waals surface area contributed by atoms with Crippen molar-refractivity contribution in [2.45, 2.75) is 20.1 Å². The van der Waals surface area contributed by atoms with Crippen LogP contribution in [0.5, 0.6) is 5.75 Å². The third kappa shape index (κ3) is 5.82. The molecule has 2 rings (SSSR count). The van der Waals surface area contributed by atoms with Crippen molar-refractivity contribution in [3.05, 3.63) is 45.4 Å². The number of rotatable bonds is 8. The van der Waals surface area contributed by atoms with Gasteiger partial charge in [0.15, 0.2) is 0 Å². The van der Waals surface area contributed by atoms with Gasteiger partial charge in [0.2, 0.25) is 5.91 Å². The number of ether oxygens (including phenoxy) is 2. The van der Waals surface area contributed by atoms with Gasteiger partial charge in [0.25, 0.3) is 0 Å². The highest BCUT2D eigenvalue weighted by molar-refractivity contribution is 7.09. The first kappa shape index (κ1) is 17.7. The lowest BCUT2D eigenvalue weighted by atomic mass is 10.3. The Kier molecular flexibility index (Phi) is 6.83. The molecule has 0 saturated heterocycles. The van der Waals surface area contributed by atoms with Crippen LogP contribution in [0.15, 0.2) is 29.6 Å². The van der Waals surface area contributed by atoms with Crippen LogP contribution in [0.25, 0.3) is 0 Å². The summed E-state index contributed by atoms with van der Waals surface area (Å²) >= 11 is 7.35. The molecule has 1 aromatic heterocycles. The molecule has 1 heterocycles. The van der Waals surface area contributed by atoms with Gasteiger partial charge in [0.1, 0.15) is 17.4 Å².